The quantitative estimate of drug-likeness (QED) is 0.0542. The van der Waals surface area contributed by atoms with Gasteiger partial charge in [0.2, 0.25) is 0 Å². The minimum atomic E-state index is -1.72. The molecule has 1 aromatic heterocycles. The molecular weight excluding hydrogens is 601 g/mol. The molecule has 1 heterocycles. The van der Waals surface area contributed by atoms with E-state index in [4.69, 9.17) is 28.0 Å². The van der Waals surface area contributed by atoms with E-state index in [1.165, 1.54) is 0 Å². The van der Waals surface area contributed by atoms with Crippen LogP contribution in [0.4, 0.5) is 0 Å². The van der Waals surface area contributed by atoms with E-state index in [1.807, 2.05) is 25.1 Å². The number of unbranched alkanes of at least 4 members (excludes halogenated alkanes) is 4. The van der Waals surface area contributed by atoms with Crippen LogP contribution in [-0.2, 0) is 37.6 Å². The van der Waals surface area contributed by atoms with Crippen molar-refractivity contribution in [3.8, 4) is 0 Å². The van der Waals surface area contributed by atoms with Crippen LogP contribution < -0.4 is 0 Å². The van der Waals surface area contributed by atoms with Crippen LogP contribution in [0.25, 0.3) is 0 Å². The van der Waals surface area contributed by atoms with Crippen molar-refractivity contribution >= 4 is 41.8 Å². The first-order chi connectivity index (χ1) is 20.6. The Labute approximate surface area is 261 Å². The molecule has 0 bridgehead atoms. The molecule has 0 spiro atoms. The van der Waals surface area contributed by atoms with Crippen LogP contribution in [0.1, 0.15) is 71.1 Å². The molecule has 1 rings (SSSR count). The van der Waals surface area contributed by atoms with Gasteiger partial charge in [-0.3, -0.25) is 9.59 Å². The Balaban J connectivity index is 1.73. The fourth-order valence-corrected chi connectivity index (χ4v) is 5.96. The minimum absolute atomic E-state index is 0.231. The van der Waals surface area contributed by atoms with Crippen LogP contribution in [0.3, 0.4) is 0 Å². The molecule has 10 nitrogen and oxygen atoms in total. The van der Waals surface area contributed by atoms with Gasteiger partial charge in [0.15, 0.2) is 0 Å². The average molecular weight is 652 g/mol. The maximum atomic E-state index is 11.9. The van der Waals surface area contributed by atoms with Crippen molar-refractivity contribution in [3.05, 3.63) is 24.4 Å². The molecule has 13 heteroatoms. The van der Waals surface area contributed by atoms with E-state index in [0.29, 0.717) is 91.8 Å². The van der Waals surface area contributed by atoms with Gasteiger partial charge in [-0.25, -0.2) is 4.98 Å². The van der Waals surface area contributed by atoms with Crippen molar-refractivity contribution < 1.29 is 42.5 Å². The fourth-order valence-electron chi connectivity index (χ4n) is 3.47. The molecule has 1 aromatic rings. The van der Waals surface area contributed by atoms with Gasteiger partial charge in [0, 0.05) is 44.2 Å². The molecule has 0 aliphatic carbocycles. The van der Waals surface area contributed by atoms with Gasteiger partial charge in [0.25, 0.3) is 0 Å². The third kappa shape index (κ3) is 26.9. The lowest BCUT2D eigenvalue weighted by Gasteiger charge is -2.08. The van der Waals surface area contributed by atoms with E-state index in [-0.39, 0.29) is 11.6 Å². The number of pyridine rings is 1. The van der Waals surface area contributed by atoms with Crippen LogP contribution in [0.15, 0.2) is 29.4 Å². The van der Waals surface area contributed by atoms with Crippen LogP contribution in [0, 0.1) is 0 Å². The number of carbonyl (C=O) groups is 2. The van der Waals surface area contributed by atoms with E-state index < -0.39 is 8.60 Å². The molecule has 0 radical (unpaired) electrons. The average Bonchev–Trinajstić information content (AvgIpc) is 2.99. The Morgan fingerprint density at radius 2 is 1.33 bits per heavy atom. The number of rotatable bonds is 32. The largest absolute Gasteiger partial charge is 0.379 e. The van der Waals surface area contributed by atoms with Crippen molar-refractivity contribution in [1.29, 1.82) is 0 Å². The molecule has 0 aromatic carbocycles. The molecule has 0 aliphatic heterocycles. The zero-order chi connectivity index (χ0) is 30.4. The van der Waals surface area contributed by atoms with E-state index in [2.05, 4.69) is 4.98 Å². The maximum absolute atomic E-state index is 11.9. The summed E-state index contributed by atoms with van der Waals surface area (Å²) >= 11 is 0. The normalized spacial score (nSPS) is 12.0. The molecule has 0 fully saturated rings. The highest BCUT2D eigenvalue weighted by Crippen LogP contribution is 2.32. The summed E-state index contributed by atoms with van der Waals surface area (Å²) in [6, 6.07) is 5.81. The Morgan fingerprint density at radius 1 is 0.714 bits per heavy atom. The second kappa shape index (κ2) is 30.4. The monoisotopic (exact) mass is 651 g/mol. The first-order valence-corrected chi connectivity index (χ1v) is 18.4. The zero-order valence-corrected chi connectivity index (χ0v) is 27.6. The third-order valence-electron chi connectivity index (χ3n) is 5.67. The standard InChI is InChI=1S/C29H50NO9PS2/c1-2-38-40(33)39-18-9-5-3-4-6-11-27(31)14-19-35-21-23-37-25-24-36-22-20-34-17-10-12-28(32)15-26-41-42-29-13-7-8-16-30-29/h7-8,13,16,33H,2-6,9-12,14-15,17-26H2,1H3. The Kier molecular flexibility index (Phi) is 28.5. The van der Waals surface area contributed by atoms with Gasteiger partial charge in [-0.2, -0.15) is 0 Å². The summed E-state index contributed by atoms with van der Waals surface area (Å²) in [5, 5.41) is 0.960. The summed E-state index contributed by atoms with van der Waals surface area (Å²) < 4.78 is 32.1. The molecule has 0 saturated heterocycles. The molecule has 0 aliphatic rings. The van der Waals surface area contributed by atoms with Gasteiger partial charge in [-0.1, -0.05) is 36.1 Å². The summed E-state index contributed by atoms with van der Waals surface area (Å²) in [5.41, 5.74) is 0. The first-order valence-electron chi connectivity index (χ1n) is 14.9. The molecule has 1 N–H and O–H groups in total. The predicted octanol–water partition coefficient (Wildman–Crippen LogP) is 6.20. The highest BCUT2D eigenvalue weighted by atomic mass is 33.1. The lowest BCUT2D eigenvalue weighted by atomic mass is 10.1. The van der Waals surface area contributed by atoms with Crippen molar-refractivity contribution in [3.63, 3.8) is 0 Å². The number of nitrogens with zero attached hydrogens (tertiary/aromatic N) is 1. The molecule has 242 valence electrons. The lowest BCUT2D eigenvalue weighted by molar-refractivity contribution is -0.120. The molecule has 1 atom stereocenters. The van der Waals surface area contributed by atoms with E-state index in [1.54, 1.807) is 27.8 Å². The molecule has 0 saturated carbocycles. The number of aromatic nitrogens is 1. The number of hydrogen-bond acceptors (Lipinski definition) is 12. The number of hydrogen-bond donors (Lipinski definition) is 1. The second-order valence-corrected chi connectivity index (χ2v) is 12.6. The topological polar surface area (TPSA) is 123 Å². The second-order valence-electron chi connectivity index (χ2n) is 9.21. The summed E-state index contributed by atoms with van der Waals surface area (Å²) in [6.45, 7) is 6.63. The van der Waals surface area contributed by atoms with E-state index in [0.717, 1.165) is 49.3 Å². The van der Waals surface area contributed by atoms with Gasteiger partial charge in [0.05, 0.1) is 59.5 Å². The van der Waals surface area contributed by atoms with Crippen molar-refractivity contribution in [2.45, 2.75) is 76.2 Å². The van der Waals surface area contributed by atoms with E-state index >= 15 is 0 Å². The Bertz CT molecular complexity index is 768. The zero-order valence-electron chi connectivity index (χ0n) is 25.1. The lowest BCUT2D eigenvalue weighted by Crippen LogP contribution is -2.13. The SMILES string of the molecule is CCOP(O)OCCCCCCCC(=O)CCOCCOCCOCCOCCCC(=O)CCSSc1ccccn1. The van der Waals surface area contributed by atoms with Crippen molar-refractivity contribution in [2.24, 2.45) is 0 Å². The van der Waals surface area contributed by atoms with Gasteiger partial charge in [-0.05, 0) is 49.1 Å². The van der Waals surface area contributed by atoms with Crippen LogP contribution in [-0.4, -0.2) is 93.3 Å². The highest BCUT2D eigenvalue weighted by Gasteiger charge is 2.06. The van der Waals surface area contributed by atoms with Crippen molar-refractivity contribution in [1.82, 2.24) is 4.98 Å². The van der Waals surface area contributed by atoms with Gasteiger partial charge >= 0.3 is 8.60 Å². The fraction of sp³-hybridized carbons (Fsp3) is 0.759. The Morgan fingerprint density at radius 3 is 2.02 bits per heavy atom. The van der Waals surface area contributed by atoms with Gasteiger partial charge < -0.3 is 32.9 Å². The first kappa shape index (κ1) is 39.4. The van der Waals surface area contributed by atoms with Crippen molar-refractivity contribution in [2.75, 3.05) is 71.8 Å². The summed E-state index contributed by atoms with van der Waals surface area (Å²) in [4.78, 5) is 37.5. The summed E-state index contributed by atoms with van der Waals surface area (Å²) in [6.07, 6.45) is 9.50. The predicted molar refractivity (Wildman–Crippen MR) is 169 cm³/mol. The minimum Gasteiger partial charge on any atom is -0.379 e. The van der Waals surface area contributed by atoms with Crippen LogP contribution >= 0.6 is 30.2 Å². The maximum Gasteiger partial charge on any atom is 0.329 e. The number of ketones is 2. The Hall–Kier alpha value is -0.660. The van der Waals surface area contributed by atoms with Crippen LogP contribution in [0.5, 0.6) is 0 Å². The van der Waals surface area contributed by atoms with E-state index in [9.17, 15) is 14.5 Å². The van der Waals surface area contributed by atoms with Crippen LogP contribution in [0.2, 0.25) is 0 Å². The summed E-state index contributed by atoms with van der Waals surface area (Å²) in [5.74, 6) is 1.28. The summed E-state index contributed by atoms with van der Waals surface area (Å²) in [7, 11) is 1.52. The smallest absolute Gasteiger partial charge is 0.329 e. The molecular formula is C29H50NO9PS2. The van der Waals surface area contributed by atoms with Gasteiger partial charge in [-0.15, -0.1) is 0 Å². The van der Waals surface area contributed by atoms with Gasteiger partial charge in [0.1, 0.15) is 16.6 Å². The third-order valence-corrected chi connectivity index (χ3v) is 8.82. The molecule has 1 unspecified atom stereocenters. The number of Topliss-reactive ketones (excluding diaryl/α,β-unsaturated/α-hetero) is 2. The highest BCUT2D eigenvalue weighted by molar-refractivity contribution is 8.76. The number of ether oxygens (including phenoxy) is 4. The number of carbonyl (C=O) groups excluding carboxylic acids is 2. The molecule has 0 amide bonds. The molecule has 42 heavy (non-hydrogen) atoms.